The number of thioether (sulfide) groups is 1. The quantitative estimate of drug-likeness (QED) is 0.896. The van der Waals surface area contributed by atoms with E-state index < -0.39 is 0 Å². The van der Waals surface area contributed by atoms with E-state index in [4.69, 9.17) is 0 Å². The summed E-state index contributed by atoms with van der Waals surface area (Å²) in [5, 5.41) is 3.75. The van der Waals surface area contributed by atoms with E-state index in [1.54, 1.807) is 0 Å². The molecule has 0 aromatic heterocycles. The standard InChI is InChI=1S/C15H20BrNS/c16-14-3-1-12(2-4-14)13-7-15(8-13)17-9-11-5-6-18-10-11/h1-4,11,13,15,17H,5-10H2. The van der Waals surface area contributed by atoms with Crippen molar-refractivity contribution in [1.29, 1.82) is 0 Å². The zero-order chi connectivity index (χ0) is 12.4. The second kappa shape index (κ2) is 5.98. The van der Waals surface area contributed by atoms with Crippen LogP contribution in [-0.2, 0) is 0 Å². The summed E-state index contributed by atoms with van der Waals surface area (Å²) in [7, 11) is 0. The molecule has 1 N–H and O–H groups in total. The number of nitrogens with one attached hydrogen (secondary N) is 1. The SMILES string of the molecule is Brc1ccc(C2CC(NCC3CCSC3)C2)cc1. The molecule has 0 radical (unpaired) electrons. The average molecular weight is 326 g/mol. The van der Waals surface area contributed by atoms with Gasteiger partial charge in [0.2, 0.25) is 0 Å². The monoisotopic (exact) mass is 325 g/mol. The molecule has 1 saturated carbocycles. The van der Waals surface area contributed by atoms with Crippen molar-refractivity contribution in [1.82, 2.24) is 5.32 Å². The number of benzene rings is 1. The van der Waals surface area contributed by atoms with Gasteiger partial charge >= 0.3 is 0 Å². The van der Waals surface area contributed by atoms with Crippen LogP contribution in [0.2, 0.25) is 0 Å². The van der Waals surface area contributed by atoms with Crippen LogP contribution in [0.25, 0.3) is 0 Å². The summed E-state index contributed by atoms with van der Waals surface area (Å²) in [6, 6.07) is 9.61. The Bertz CT molecular complexity index is 380. The van der Waals surface area contributed by atoms with Gasteiger partial charge < -0.3 is 5.32 Å². The van der Waals surface area contributed by atoms with Crippen molar-refractivity contribution in [2.24, 2.45) is 5.92 Å². The maximum absolute atomic E-state index is 3.75. The van der Waals surface area contributed by atoms with Crippen LogP contribution in [0.5, 0.6) is 0 Å². The highest BCUT2D eigenvalue weighted by Gasteiger charge is 2.30. The van der Waals surface area contributed by atoms with Gasteiger partial charge in [-0.1, -0.05) is 28.1 Å². The molecule has 98 valence electrons. The van der Waals surface area contributed by atoms with Gasteiger partial charge in [-0.05, 0) is 66.8 Å². The first-order valence-electron chi connectivity index (χ1n) is 6.88. The number of hydrogen-bond donors (Lipinski definition) is 1. The molecular formula is C15H20BrNS. The van der Waals surface area contributed by atoms with Gasteiger partial charge in [0.1, 0.15) is 0 Å². The Kier molecular flexibility index (Phi) is 4.32. The summed E-state index contributed by atoms with van der Waals surface area (Å²) < 4.78 is 1.18. The van der Waals surface area contributed by atoms with Gasteiger partial charge in [0.25, 0.3) is 0 Å². The Morgan fingerprint density at radius 2 is 2.00 bits per heavy atom. The van der Waals surface area contributed by atoms with Gasteiger partial charge in [-0.15, -0.1) is 0 Å². The summed E-state index contributed by atoms with van der Waals surface area (Å²) in [6.07, 6.45) is 4.06. The third-order valence-corrected chi connectivity index (χ3v) is 5.96. The maximum atomic E-state index is 3.75. The van der Waals surface area contributed by atoms with Gasteiger partial charge in [0.15, 0.2) is 0 Å². The molecule has 0 amide bonds. The van der Waals surface area contributed by atoms with Gasteiger partial charge in [-0.25, -0.2) is 0 Å². The predicted molar refractivity (Wildman–Crippen MR) is 83.3 cm³/mol. The van der Waals surface area contributed by atoms with E-state index in [2.05, 4.69) is 57.3 Å². The molecule has 1 aromatic rings. The van der Waals surface area contributed by atoms with Crippen molar-refractivity contribution >= 4 is 27.7 Å². The van der Waals surface area contributed by atoms with Crippen LogP contribution in [0.1, 0.15) is 30.7 Å². The third kappa shape index (κ3) is 3.12. The van der Waals surface area contributed by atoms with E-state index >= 15 is 0 Å². The summed E-state index contributed by atoms with van der Waals surface area (Å²) in [5.41, 5.74) is 1.51. The summed E-state index contributed by atoms with van der Waals surface area (Å²) >= 11 is 5.61. The van der Waals surface area contributed by atoms with Crippen molar-refractivity contribution in [3.63, 3.8) is 0 Å². The minimum atomic E-state index is 0.768. The van der Waals surface area contributed by atoms with Gasteiger partial charge in [0.05, 0.1) is 0 Å². The first kappa shape index (κ1) is 13.0. The zero-order valence-corrected chi connectivity index (χ0v) is 13.0. The first-order valence-corrected chi connectivity index (χ1v) is 8.82. The Morgan fingerprint density at radius 3 is 2.67 bits per heavy atom. The topological polar surface area (TPSA) is 12.0 Å². The molecule has 2 aliphatic rings. The Morgan fingerprint density at radius 1 is 1.22 bits per heavy atom. The molecule has 1 unspecified atom stereocenters. The highest BCUT2D eigenvalue weighted by molar-refractivity contribution is 9.10. The molecule has 1 nitrogen and oxygen atoms in total. The van der Waals surface area contributed by atoms with Crippen molar-refractivity contribution in [2.75, 3.05) is 18.1 Å². The fourth-order valence-electron chi connectivity index (χ4n) is 2.87. The molecule has 0 bridgehead atoms. The maximum Gasteiger partial charge on any atom is 0.0175 e. The van der Waals surface area contributed by atoms with Gasteiger partial charge in [0, 0.05) is 10.5 Å². The van der Waals surface area contributed by atoms with E-state index in [-0.39, 0.29) is 0 Å². The van der Waals surface area contributed by atoms with Crippen molar-refractivity contribution in [3.8, 4) is 0 Å². The number of hydrogen-bond acceptors (Lipinski definition) is 2. The molecular weight excluding hydrogens is 306 g/mol. The fourth-order valence-corrected chi connectivity index (χ4v) is 4.42. The van der Waals surface area contributed by atoms with Gasteiger partial charge in [-0.2, -0.15) is 11.8 Å². The van der Waals surface area contributed by atoms with Crippen LogP contribution in [-0.4, -0.2) is 24.1 Å². The highest BCUT2D eigenvalue weighted by atomic mass is 79.9. The predicted octanol–water partition coefficient (Wildman–Crippen LogP) is 4.04. The second-order valence-corrected chi connectivity index (χ2v) is 7.62. The molecule has 3 heteroatoms. The van der Waals surface area contributed by atoms with E-state index in [1.807, 2.05) is 0 Å². The first-order chi connectivity index (χ1) is 8.81. The highest BCUT2D eigenvalue weighted by Crippen LogP contribution is 2.37. The molecule has 18 heavy (non-hydrogen) atoms. The van der Waals surface area contributed by atoms with Crippen LogP contribution in [0.15, 0.2) is 28.7 Å². The number of rotatable bonds is 4. The molecule has 1 heterocycles. The van der Waals surface area contributed by atoms with Gasteiger partial charge in [-0.3, -0.25) is 0 Å². The zero-order valence-electron chi connectivity index (χ0n) is 10.6. The van der Waals surface area contributed by atoms with Crippen molar-refractivity contribution in [3.05, 3.63) is 34.3 Å². The summed E-state index contributed by atoms with van der Waals surface area (Å²) in [6.45, 7) is 1.24. The van der Waals surface area contributed by atoms with E-state index in [0.717, 1.165) is 17.9 Å². The lowest BCUT2D eigenvalue weighted by molar-refractivity contribution is 0.280. The smallest absolute Gasteiger partial charge is 0.0175 e. The van der Waals surface area contributed by atoms with Crippen LogP contribution in [0.4, 0.5) is 0 Å². The molecule has 3 rings (SSSR count). The lowest BCUT2D eigenvalue weighted by Gasteiger charge is -2.37. The lowest BCUT2D eigenvalue weighted by Crippen LogP contribution is -2.42. The lowest BCUT2D eigenvalue weighted by atomic mass is 9.76. The molecule has 1 aliphatic carbocycles. The Labute approximate surface area is 122 Å². The summed E-state index contributed by atoms with van der Waals surface area (Å²) in [4.78, 5) is 0. The molecule has 1 atom stereocenters. The van der Waals surface area contributed by atoms with Crippen molar-refractivity contribution < 1.29 is 0 Å². The second-order valence-electron chi connectivity index (χ2n) is 5.55. The van der Waals surface area contributed by atoms with Crippen LogP contribution in [0, 0.1) is 5.92 Å². The van der Waals surface area contributed by atoms with E-state index in [1.165, 1.54) is 47.3 Å². The minimum absolute atomic E-state index is 0.768. The molecule has 0 spiro atoms. The third-order valence-electron chi connectivity index (χ3n) is 4.20. The van der Waals surface area contributed by atoms with E-state index in [9.17, 15) is 0 Å². The molecule has 2 fully saturated rings. The number of halogens is 1. The Balaban J connectivity index is 1.41. The fraction of sp³-hybridized carbons (Fsp3) is 0.600. The molecule has 1 aliphatic heterocycles. The van der Waals surface area contributed by atoms with Crippen molar-refractivity contribution in [2.45, 2.75) is 31.2 Å². The molecule has 1 saturated heterocycles. The normalized spacial score (nSPS) is 31.3. The minimum Gasteiger partial charge on any atom is -0.314 e. The van der Waals surface area contributed by atoms with Crippen LogP contribution < -0.4 is 5.32 Å². The van der Waals surface area contributed by atoms with E-state index in [0.29, 0.717) is 0 Å². The Hall–Kier alpha value is 0.01000. The average Bonchev–Trinajstić information content (AvgIpc) is 2.82. The largest absolute Gasteiger partial charge is 0.314 e. The molecule has 1 aromatic carbocycles. The summed E-state index contributed by atoms with van der Waals surface area (Å²) in [5.74, 6) is 4.46. The van der Waals surface area contributed by atoms with Crippen LogP contribution >= 0.6 is 27.7 Å². The van der Waals surface area contributed by atoms with Crippen LogP contribution in [0.3, 0.4) is 0 Å².